The van der Waals surface area contributed by atoms with Crippen LogP contribution in [0.4, 0.5) is 5.00 Å². The molecule has 0 radical (unpaired) electrons. The van der Waals surface area contributed by atoms with Gasteiger partial charge in [0.25, 0.3) is 11.8 Å². The monoisotopic (exact) mass is 476 g/mol. The fraction of sp³-hybridized carbons (Fsp3) is 0.478. The van der Waals surface area contributed by atoms with Crippen LogP contribution in [0, 0.1) is 12.8 Å². The molecule has 2 N–H and O–H groups in total. The van der Waals surface area contributed by atoms with Crippen LogP contribution in [0.25, 0.3) is 0 Å². The van der Waals surface area contributed by atoms with Crippen LogP contribution in [0.2, 0.25) is 0 Å². The Morgan fingerprint density at radius 3 is 2.78 bits per heavy atom. The average Bonchev–Trinajstić information content (AvgIpc) is 3.24. The Balaban J connectivity index is 1.50. The number of sulfone groups is 1. The quantitative estimate of drug-likeness (QED) is 0.667. The molecule has 4 rings (SSSR count). The molecule has 172 valence electrons. The van der Waals surface area contributed by atoms with Gasteiger partial charge in [-0.3, -0.25) is 9.59 Å². The Kier molecular flexibility index (Phi) is 6.57. The van der Waals surface area contributed by atoms with E-state index in [2.05, 4.69) is 17.6 Å². The first kappa shape index (κ1) is 22.8. The van der Waals surface area contributed by atoms with Crippen molar-refractivity contribution in [3.63, 3.8) is 0 Å². The number of nitrogens with one attached hydrogen (secondary N) is 2. The first-order valence-corrected chi connectivity index (χ1v) is 13.5. The summed E-state index contributed by atoms with van der Waals surface area (Å²) in [5, 5.41) is 6.26. The normalized spacial score (nSPS) is 21.6. The summed E-state index contributed by atoms with van der Waals surface area (Å²) in [6.07, 6.45) is 3.04. The summed E-state index contributed by atoms with van der Waals surface area (Å²) >= 11 is 1.44. The molecular formula is C23H28N2O5S2. The zero-order valence-corrected chi connectivity index (χ0v) is 19.9. The van der Waals surface area contributed by atoms with Gasteiger partial charge in [-0.2, -0.15) is 0 Å². The predicted molar refractivity (Wildman–Crippen MR) is 125 cm³/mol. The molecule has 1 aromatic heterocycles. The number of hydrogen-bond donors (Lipinski definition) is 2. The van der Waals surface area contributed by atoms with Crippen LogP contribution in [0.15, 0.2) is 24.3 Å². The van der Waals surface area contributed by atoms with E-state index in [0.717, 1.165) is 35.3 Å². The van der Waals surface area contributed by atoms with Crippen LogP contribution in [0.3, 0.4) is 0 Å². The van der Waals surface area contributed by atoms with Crippen molar-refractivity contribution in [3.8, 4) is 5.75 Å². The van der Waals surface area contributed by atoms with E-state index in [-0.39, 0.29) is 29.9 Å². The second kappa shape index (κ2) is 9.23. The molecule has 1 aromatic carbocycles. The van der Waals surface area contributed by atoms with E-state index >= 15 is 0 Å². The minimum atomic E-state index is -3.10. The van der Waals surface area contributed by atoms with Gasteiger partial charge in [0.05, 0.1) is 17.1 Å². The molecule has 0 bridgehead atoms. The first-order valence-electron chi connectivity index (χ1n) is 10.9. The van der Waals surface area contributed by atoms with Gasteiger partial charge in [-0.05, 0) is 61.8 Å². The molecule has 32 heavy (non-hydrogen) atoms. The molecular weight excluding hydrogens is 448 g/mol. The summed E-state index contributed by atoms with van der Waals surface area (Å²) in [6.45, 7) is 3.97. The van der Waals surface area contributed by atoms with Gasteiger partial charge in [0.15, 0.2) is 16.4 Å². The van der Waals surface area contributed by atoms with E-state index in [1.807, 2.05) is 25.1 Å². The first-order chi connectivity index (χ1) is 15.2. The molecule has 1 saturated heterocycles. The van der Waals surface area contributed by atoms with Crippen molar-refractivity contribution >= 4 is 38.0 Å². The lowest BCUT2D eigenvalue weighted by Gasteiger charge is -2.19. The van der Waals surface area contributed by atoms with Crippen molar-refractivity contribution in [2.45, 2.75) is 45.6 Å². The van der Waals surface area contributed by atoms with Crippen LogP contribution >= 0.6 is 11.3 Å². The molecule has 2 amide bonds. The number of ether oxygens (including phenoxy) is 1. The summed E-state index contributed by atoms with van der Waals surface area (Å²) in [6, 6.07) is 7.07. The minimum Gasteiger partial charge on any atom is -0.484 e. The van der Waals surface area contributed by atoms with Crippen LogP contribution < -0.4 is 15.4 Å². The number of thiophene rings is 1. The van der Waals surface area contributed by atoms with E-state index in [1.54, 1.807) is 6.07 Å². The third-order valence-electron chi connectivity index (χ3n) is 5.92. The Morgan fingerprint density at radius 2 is 2.06 bits per heavy atom. The zero-order chi connectivity index (χ0) is 22.9. The Labute approximate surface area is 192 Å². The second-order valence-electron chi connectivity index (χ2n) is 8.78. The van der Waals surface area contributed by atoms with Crippen molar-refractivity contribution < 1.29 is 22.7 Å². The van der Waals surface area contributed by atoms with Crippen molar-refractivity contribution in [1.29, 1.82) is 0 Å². The summed E-state index contributed by atoms with van der Waals surface area (Å²) in [7, 11) is -3.10. The lowest BCUT2D eigenvalue weighted by Crippen LogP contribution is -2.36. The molecule has 1 aliphatic carbocycles. The highest BCUT2D eigenvalue weighted by Gasteiger charge is 2.33. The highest BCUT2D eigenvalue weighted by molar-refractivity contribution is 7.91. The van der Waals surface area contributed by atoms with Crippen molar-refractivity contribution in [1.82, 2.24) is 5.32 Å². The molecule has 1 fully saturated rings. The number of rotatable bonds is 6. The van der Waals surface area contributed by atoms with Gasteiger partial charge in [-0.25, -0.2) is 8.42 Å². The number of carbonyl (C=O) groups excluding carboxylic acids is 2. The summed E-state index contributed by atoms with van der Waals surface area (Å²) in [5.41, 5.74) is 2.49. The maximum Gasteiger partial charge on any atom is 0.262 e. The van der Waals surface area contributed by atoms with Gasteiger partial charge < -0.3 is 15.4 Å². The molecule has 1 aliphatic heterocycles. The lowest BCUT2D eigenvalue weighted by atomic mass is 9.88. The van der Waals surface area contributed by atoms with Gasteiger partial charge in [0, 0.05) is 10.9 Å². The molecule has 2 atom stereocenters. The number of benzene rings is 1. The molecule has 2 aromatic rings. The van der Waals surface area contributed by atoms with Crippen molar-refractivity contribution in [2.75, 3.05) is 23.4 Å². The largest absolute Gasteiger partial charge is 0.484 e. The third-order valence-corrected chi connectivity index (χ3v) is 8.86. The molecule has 2 unspecified atom stereocenters. The Bertz CT molecular complexity index is 1140. The van der Waals surface area contributed by atoms with E-state index in [0.29, 0.717) is 28.7 Å². The highest BCUT2D eigenvalue weighted by Crippen LogP contribution is 2.39. The summed E-state index contributed by atoms with van der Waals surface area (Å²) in [4.78, 5) is 26.9. The maximum atomic E-state index is 13.2. The Morgan fingerprint density at radius 1 is 1.25 bits per heavy atom. The van der Waals surface area contributed by atoms with Gasteiger partial charge in [-0.1, -0.05) is 19.1 Å². The van der Waals surface area contributed by atoms with E-state index in [9.17, 15) is 18.0 Å². The number of fused-ring (bicyclic) bond motifs is 1. The topological polar surface area (TPSA) is 102 Å². The SMILES string of the molecule is Cc1cccc(OCC(=O)Nc2sc3c(c2C(=O)NC2CCS(=O)(=O)C2)CCC(C)C3)c1. The lowest BCUT2D eigenvalue weighted by molar-refractivity contribution is -0.118. The van der Waals surface area contributed by atoms with Crippen LogP contribution in [-0.2, 0) is 27.5 Å². The van der Waals surface area contributed by atoms with Gasteiger partial charge in [-0.15, -0.1) is 11.3 Å². The number of carbonyl (C=O) groups is 2. The van der Waals surface area contributed by atoms with Gasteiger partial charge in [0.2, 0.25) is 0 Å². The van der Waals surface area contributed by atoms with Gasteiger partial charge in [0.1, 0.15) is 10.8 Å². The molecule has 9 heteroatoms. The Hall–Kier alpha value is -2.39. The van der Waals surface area contributed by atoms with Crippen LogP contribution in [0.5, 0.6) is 5.75 Å². The highest BCUT2D eigenvalue weighted by atomic mass is 32.2. The molecule has 2 heterocycles. The average molecular weight is 477 g/mol. The molecule has 7 nitrogen and oxygen atoms in total. The predicted octanol–water partition coefficient (Wildman–Crippen LogP) is 3.12. The maximum absolute atomic E-state index is 13.2. The number of amides is 2. The van der Waals surface area contributed by atoms with Crippen LogP contribution in [-0.4, -0.2) is 44.4 Å². The molecule has 2 aliphatic rings. The fourth-order valence-electron chi connectivity index (χ4n) is 4.26. The van der Waals surface area contributed by atoms with Crippen molar-refractivity contribution in [3.05, 3.63) is 45.8 Å². The van der Waals surface area contributed by atoms with Crippen LogP contribution in [0.1, 0.15) is 46.1 Å². The van der Waals surface area contributed by atoms with E-state index in [1.165, 1.54) is 11.3 Å². The molecule has 0 spiro atoms. The number of hydrogen-bond acceptors (Lipinski definition) is 6. The smallest absolute Gasteiger partial charge is 0.262 e. The van der Waals surface area contributed by atoms with Crippen molar-refractivity contribution in [2.24, 2.45) is 5.92 Å². The fourth-order valence-corrected chi connectivity index (χ4v) is 7.36. The number of anilines is 1. The standard InChI is InChI=1S/C23H28N2O5S2/c1-14-4-3-5-17(10-14)30-12-20(26)25-23-21(18-7-6-15(2)11-19(18)31-23)22(27)24-16-8-9-32(28,29)13-16/h3-5,10,15-16H,6-9,11-13H2,1-2H3,(H,24,27)(H,25,26). The minimum absolute atomic E-state index is 0.0336. The summed E-state index contributed by atoms with van der Waals surface area (Å²) in [5.74, 6) is 0.542. The third kappa shape index (κ3) is 5.32. The van der Waals surface area contributed by atoms with Gasteiger partial charge >= 0.3 is 0 Å². The van der Waals surface area contributed by atoms with E-state index < -0.39 is 15.9 Å². The second-order valence-corrected chi connectivity index (χ2v) is 12.1. The zero-order valence-electron chi connectivity index (χ0n) is 18.3. The van der Waals surface area contributed by atoms with E-state index in [4.69, 9.17) is 4.74 Å². The number of aryl methyl sites for hydroxylation is 1. The summed E-state index contributed by atoms with van der Waals surface area (Å²) < 4.78 is 29.2. The molecule has 0 saturated carbocycles.